The van der Waals surface area contributed by atoms with Crippen LogP contribution < -0.4 is 0 Å². The van der Waals surface area contributed by atoms with Crippen LogP contribution in [0.25, 0.3) is 0 Å². The maximum atomic E-state index is 13.2. The SMILES string of the molecule is CC(C)(O)C(=O)c1ccc(Cc2ccc(Cc3ccc(C(=O)C(C)(C)O)cc3)c(C(=O)C(C)(C)O)c2)cc1. The average molecular weight is 517 g/mol. The van der Waals surface area contributed by atoms with Gasteiger partial charge in [-0.1, -0.05) is 60.7 Å². The van der Waals surface area contributed by atoms with Gasteiger partial charge in [-0.15, -0.1) is 0 Å². The molecule has 0 fully saturated rings. The Morgan fingerprint density at radius 2 is 0.895 bits per heavy atom. The lowest BCUT2D eigenvalue weighted by molar-refractivity contribution is 0.0486. The molecule has 0 saturated heterocycles. The van der Waals surface area contributed by atoms with E-state index in [4.69, 9.17) is 0 Å². The van der Waals surface area contributed by atoms with Gasteiger partial charge in [-0.25, -0.2) is 0 Å². The monoisotopic (exact) mass is 516 g/mol. The number of carbonyl (C=O) groups excluding carboxylic acids is 3. The Kier molecular flexibility index (Phi) is 8.22. The van der Waals surface area contributed by atoms with E-state index in [2.05, 4.69) is 0 Å². The van der Waals surface area contributed by atoms with Gasteiger partial charge in [0.15, 0.2) is 17.3 Å². The number of hydrogen-bond acceptors (Lipinski definition) is 6. The van der Waals surface area contributed by atoms with E-state index >= 15 is 0 Å². The molecule has 6 heteroatoms. The number of Topliss-reactive ketones (excluding diaryl/α,β-unsaturated/α-hetero) is 3. The van der Waals surface area contributed by atoms with Crippen LogP contribution in [0.15, 0.2) is 66.7 Å². The summed E-state index contributed by atoms with van der Waals surface area (Å²) in [6, 6.07) is 19.5. The maximum absolute atomic E-state index is 13.2. The fourth-order valence-corrected chi connectivity index (χ4v) is 4.14. The van der Waals surface area contributed by atoms with Crippen molar-refractivity contribution in [3.63, 3.8) is 0 Å². The number of benzene rings is 3. The first kappa shape index (κ1) is 29.1. The first-order valence-electron chi connectivity index (χ1n) is 12.6. The summed E-state index contributed by atoms with van der Waals surface area (Å²) in [5.41, 5.74) is 0.187. The molecule has 0 amide bonds. The summed E-state index contributed by atoms with van der Waals surface area (Å²) in [4.78, 5) is 37.8. The van der Waals surface area contributed by atoms with E-state index in [1.807, 2.05) is 24.3 Å². The minimum Gasteiger partial charge on any atom is -0.382 e. The van der Waals surface area contributed by atoms with Crippen LogP contribution in [0.3, 0.4) is 0 Å². The van der Waals surface area contributed by atoms with Crippen molar-refractivity contribution >= 4 is 17.3 Å². The fourth-order valence-electron chi connectivity index (χ4n) is 4.14. The van der Waals surface area contributed by atoms with Gasteiger partial charge in [0.05, 0.1) is 0 Å². The molecule has 6 nitrogen and oxygen atoms in total. The molecule has 38 heavy (non-hydrogen) atoms. The second kappa shape index (κ2) is 10.7. The summed E-state index contributed by atoms with van der Waals surface area (Å²) in [5.74, 6) is -1.12. The third kappa shape index (κ3) is 7.10. The van der Waals surface area contributed by atoms with E-state index in [9.17, 15) is 29.7 Å². The van der Waals surface area contributed by atoms with Crippen LogP contribution in [-0.2, 0) is 12.8 Å². The molecule has 0 unspecified atom stereocenters. The second-order valence-corrected chi connectivity index (χ2v) is 11.4. The van der Waals surface area contributed by atoms with Crippen LogP contribution in [0.4, 0.5) is 0 Å². The Morgan fingerprint density at radius 1 is 0.526 bits per heavy atom. The summed E-state index contributed by atoms with van der Waals surface area (Å²) in [6.07, 6.45) is 0.930. The van der Waals surface area contributed by atoms with Crippen molar-refractivity contribution in [1.82, 2.24) is 0 Å². The Labute approximate surface area is 224 Å². The Balaban J connectivity index is 1.88. The number of ketones is 3. The molecule has 0 heterocycles. The molecule has 3 rings (SSSR count). The minimum absolute atomic E-state index is 0.357. The van der Waals surface area contributed by atoms with Gasteiger partial charge in [-0.05, 0) is 82.7 Å². The Bertz CT molecular complexity index is 1330. The highest BCUT2D eigenvalue weighted by molar-refractivity contribution is 6.03. The quantitative estimate of drug-likeness (QED) is 0.336. The first-order valence-corrected chi connectivity index (χ1v) is 12.6. The van der Waals surface area contributed by atoms with Gasteiger partial charge in [0.25, 0.3) is 0 Å². The van der Waals surface area contributed by atoms with E-state index in [0.29, 0.717) is 29.5 Å². The largest absolute Gasteiger partial charge is 0.382 e. The molecular formula is C32H36O6. The molecule has 0 aliphatic carbocycles. The van der Waals surface area contributed by atoms with Gasteiger partial charge >= 0.3 is 0 Å². The normalized spacial score (nSPS) is 12.3. The number of carbonyl (C=O) groups is 3. The predicted molar refractivity (Wildman–Crippen MR) is 147 cm³/mol. The van der Waals surface area contributed by atoms with E-state index in [-0.39, 0.29) is 11.6 Å². The number of rotatable bonds is 10. The summed E-state index contributed by atoms with van der Waals surface area (Å²) in [6.45, 7) is 8.72. The van der Waals surface area contributed by atoms with Gasteiger partial charge in [0.2, 0.25) is 0 Å². The van der Waals surface area contributed by atoms with E-state index in [1.54, 1.807) is 42.5 Å². The standard InChI is InChI=1S/C32H36O6/c1-30(2,36)27(33)23-12-7-20(8-13-23)17-22-11-16-25(26(19-22)29(35)32(5,6)38)18-21-9-14-24(15-10-21)28(34)31(3,4)37/h7-16,19,36-38H,17-18H2,1-6H3. The van der Waals surface area contributed by atoms with Crippen molar-refractivity contribution < 1.29 is 29.7 Å². The highest BCUT2D eigenvalue weighted by atomic mass is 16.3. The molecule has 0 saturated carbocycles. The van der Waals surface area contributed by atoms with Crippen LogP contribution in [0.5, 0.6) is 0 Å². The molecular weight excluding hydrogens is 480 g/mol. The van der Waals surface area contributed by atoms with Crippen molar-refractivity contribution in [2.75, 3.05) is 0 Å². The number of aliphatic hydroxyl groups is 3. The lowest BCUT2D eigenvalue weighted by Crippen LogP contribution is -2.32. The molecule has 0 aliphatic rings. The van der Waals surface area contributed by atoms with Crippen LogP contribution in [0, 0.1) is 0 Å². The molecule has 0 aliphatic heterocycles. The zero-order chi connectivity index (χ0) is 28.5. The van der Waals surface area contributed by atoms with Crippen molar-refractivity contribution in [3.8, 4) is 0 Å². The summed E-state index contributed by atoms with van der Waals surface area (Å²) in [7, 11) is 0. The van der Waals surface area contributed by atoms with Crippen LogP contribution in [0.2, 0.25) is 0 Å². The molecule has 3 aromatic rings. The van der Waals surface area contributed by atoms with Gasteiger partial charge in [-0.3, -0.25) is 14.4 Å². The minimum atomic E-state index is -1.56. The lowest BCUT2D eigenvalue weighted by atomic mass is 9.88. The third-order valence-corrected chi connectivity index (χ3v) is 6.32. The maximum Gasteiger partial charge on any atom is 0.194 e. The van der Waals surface area contributed by atoms with Crippen molar-refractivity contribution in [2.24, 2.45) is 0 Å². The van der Waals surface area contributed by atoms with Crippen LogP contribution in [-0.4, -0.2) is 49.5 Å². The molecule has 3 N–H and O–H groups in total. The van der Waals surface area contributed by atoms with Gasteiger partial charge < -0.3 is 15.3 Å². The molecule has 0 aromatic heterocycles. The predicted octanol–water partition coefficient (Wildman–Crippen LogP) is 4.73. The summed E-state index contributed by atoms with van der Waals surface area (Å²) < 4.78 is 0. The fraction of sp³-hybridized carbons (Fsp3) is 0.344. The third-order valence-electron chi connectivity index (χ3n) is 6.32. The molecule has 3 aromatic carbocycles. The van der Waals surface area contributed by atoms with E-state index in [0.717, 1.165) is 22.3 Å². The summed E-state index contributed by atoms with van der Waals surface area (Å²) in [5, 5.41) is 30.4. The molecule has 0 atom stereocenters. The van der Waals surface area contributed by atoms with Gasteiger partial charge in [0.1, 0.15) is 16.8 Å². The Morgan fingerprint density at radius 3 is 1.29 bits per heavy atom. The second-order valence-electron chi connectivity index (χ2n) is 11.4. The zero-order valence-corrected chi connectivity index (χ0v) is 22.8. The van der Waals surface area contributed by atoms with E-state index < -0.39 is 22.6 Å². The number of hydrogen-bond donors (Lipinski definition) is 3. The smallest absolute Gasteiger partial charge is 0.194 e. The Hall–Kier alpha value is -3.45. The highest BCUT2D eigenvalue weighted by Crippen LogP contribution is 2.24. The average Bonchev–Trinajstić information content (AvgIpc) is 2.83. The molecule has 0 radical (unpaired) electrons. The van der Waals surface area contributed by atoms with Crippen LogP contribution >= 0.6 is 0 Å². The molecule has 0 spiro atoms. The summed E-state index contributed by atoms with van der Waals surface area (Å²) >= 11 is 0. The first-order chi connectivity index (χ1) is 17.5. The van der Waals surface area contributed by atoms with E-state index in [1.165, 1.54) is 41.5 Å². The highest BCUT2D eigenvalue weighted by Gasteiger charge is 2.28. The van der Waals surface area contributed by atoms with Crippen molar-refractivity contribution in [3.05, 3.63) is 106 Å². The zero-order valence-electron chi connectivity index (χ0n) is 22.8. The van der Waals surface area contributed by atoms with Crippen molar-refractivity contribution in [2.45, 2.75) is 71.2 Å². The van der Waals surface area contributed by atoms with Gasteiger partial charge in [0, 0.05) is 16.7 Å². The van der Waals surface area contributed by atoms with Gasteiger partial charge in [-0.2, -0.15) is 0 Å². The molecule has 0 bridgehead atoms. The van der Waals surface area contributed by atoms with Crippen molar-refractivity contribution in [1.29, 1.82) is 0 Å². The molecule has 200 valence electrons. The topological polar surface area (TPSA) is 112 Å². The van der Waals surface area contributed by atoms with Crippen LogP contribution in [0.1, 0.15) is 94.9 Å². The lowest BCUT2D eigenvalue weighted by Gasteiger charge is -2.19.